The second-order valence-electron chi connectivity index (χ2n) is 4.48. The van der Waals surface area contributed by atoms with E-state index < -0.39 is 5.91 Å². The number of amides is 2. The van der Waals surface area contributed by atoms with Gasteiger partial charge in [-0.1, -0.05) is 0 Å². The van der Waals surface area contributed by atoms with Gasteiger partial charge in [-0.25, -0.2) is 5.43 Å². The number of aromatic nitrogens is 1. The van der Waals surface area contributed by atoms with Gasteiger partial charge in [0.25, 0.3) is 11.8 Å². The summed E-state index contributed by atoms with van der Waals surface area (Å²) in [6.07, 6.45) is 4.74. The molecule has 0 saturated heterocycles. The summed E-state index contributed by atoms with van der Waals surface area (Å²) in [6.45, 7) is -0.168. The Morgan fingerprint density at radius 3 is 2.52 bits per heavy atom. The smallest absolute Gasteiger partial charge is 0.259 e. The Balaban J connectivity index is 1.77. The summed E-state index contributed by atoms with van der Waals surface area (Å²) in [5.41, 5.74) is 3.58. The minimum atomic E-state index is -0.419. The van der Waals surface area contributed by atoms with Crippen molar-refractivity contribution in [1.82, 2.24) is 15.7 Å². The molecular formula is C16H16N4O3. The van der Waals surface area contributed by atoms with E-state index in [1.165, 1.54) is 6.21 Å². The molecule has 2 aromatic rings. The highest BCUT2D eigenvalue weighted by atomic mass is 16.5. The van der Waals surface area contributed by atoms with Crippen LogP contribution in [-0.4, -0.2) is 36.7 Å². The van der Waals surface area contributed by atoms with Gasteiger partial charge in [0.15, 0.2) is 0 Å². The number of rotatable bonds is 6. The first-order valence-corrected chi connectivity index (χ1v) is 6.83. The van der Waals surface area contributed by atoms with Crippen molar-refractivity contribution in [3.8, 4) is 5.75 Å². The van der Waals surface area contributed by atoms with Crippen LogP contribution >= 0.6 is 0 Å². The van der Waals surface area contributed by atoms with Crippen LogP contribution in [0, 0.1) is 0 Å². The third-order valence-electron chi connectivity index (χ3n) is 2.87. The van der Waals surface area contributed by atoms with Crippen LogP contribution in [0.4, 0.5) is 0 Å². The van der Waals surface area contributed by atoms with E-state index in [-0.39, 0.29) is 12.5 Å². The topological polar surface area (TPSA) is 92.7 Å². The fraction of sp³-hybridized carbons (Fsp3) is 0.125. The predicted octanol–water partition coefficient (Wildman–Crippen LogP) is 0.970. The lowest BCUT2D eigenvalue weighted by molar-refractivity contribution is -0.120. The lowest BCUT2D eigenvalue weighted by atomic mass is 10.2. The Kier molecular flexibility index (Phi) is 5.81. The molecule has 7 nitrogen and oxygen atoms in total. The molecule has 1 heterocycles. The lowest BCUT2D eigenvalue weighted by Gasteiger charge is -2.05. The van der Waals surface area contributed by atoms with Crippen LogP contribution in [0.25, 0.3) is 0 Å². The van der Waals surface area contributed by atoms with Crippen molar-refractivity contribution >= 4 is 18.0 Å². The highest BCUT2D eigenvalue weighted by molar-refractivity contribution is 5.96. The third kappa shape index (κ3) is 5.24. The monoisotopic (exact) mass is 312 g/mol. The number of hydrazone groups is 1. The third-order valence-corrected chi connectivity index (χ3v) is 2.87. The minimum Gasteiger partial charge on any atom is -0.497 e. The van der Waals surface area contributed by atoms with E-state index in [0.717, 1.165) is 5.56 Å². The fourth-order valence-electron chi connectivity index (χ4n) is 1.67. The molecule has 2 rings (SSSR count). The molecule has 0 unspecified atom stereocenters. The van der Waals surface area contributed by atoms with Gasteiger partial charge in [0.05, 0.1) is 19.9 Å². The Morgan fingerprint density at radius 2 is 1.87 bits per heavy atom. The van der Waals surface area contributed by atoms with Crippen LogP contribution in [0.15, 0.2) is 53.9 Å². The zero-order chi connectivity index (χ0) is 16.5. The van der Waals surface area contributed by atoms with Gasteiger partial charge in [-0.3, -0.25) is 14.6 Å². The first-order valence-electron chi connectivity index (χ1n) is 6.83. The van der Waals surface area contributed by atoms with Gasteiger partial charge in [-0.2, -0.15) is 5.10 Å². The van der Waals surface area contributed by atoms with E-state index >= 15 is 0 Å². The van der Waals surface area contributed by atoms with Crippen LogP contribution in [0.5, 0.6) is 5.75 Å². The molecule has 0 spiro atoms. The van der Waals surface area contributed by atoms with Crippen LogP contribution in [0.2, 0.25) is 0 Å². The van der Waals surface area contributed by atoms with Gasteiger partial charge in [-0.15, -0.1) is 0 Å². The summed E-state index contributed by atoms with van der Waals surface area (Å²) < 4.78 is 5.01. The lowest BCUT2D eigenvalue weighted by Crippen LogP contribution is -2.34. The average molecular weight is 312 g/mol. The Hall–Kier alpha value is -3.22. The van der Waals surface area contributed by atoms with Crippen LogP contribution in [0.3, 0.4) is 0 Å². The SMILES string of the molecule is COc1ccc(C(=O)NCC(=O)N/N=C/c2ccncc2)cc1. The normalized spacial score (nSPS) is 10.3. The Labute approximate surface area is 133 Å². The summed E-state index contributed by atoms with van der Waals surface area (Å²) >= 11 is 0. The number of carbonyl (C=O) groups excluding carboxylic acids is 2. The van der Waals surface area contributed by atoms with Crippen molar-refractivity contribution in [2.24, 2.45) is 5.10 Å². The molecule has 0 fully saturated rings. The molecular weight excluding hydrogens is 296 g/mol. The van der Waals surface area contributed by atoms with Gasteiger partial charge in [0, 0.05) is 18.0 Å². The first kappa shape index (κ1) is 16.2. The molecule has 1 aromatic carbocycles. The highest BCUT2D eigenvalue weighted by Gasteiger charge is 2.07. The number of hydrogen-bond donors (Lipinski definition) is 2. The Morgan fingerprint density at radius 1 is 1.17 bits per heavy atom. The highest BCUT2D eigenvalue weighted by Crippen LogP contribution is 2.10. The molecule has 118 valence electrons. The number of hydrogen-bond acceptors (Lipinski definition) is 5. The fourth-order valence-corrected chi connectivity index (χ4v) is 1.67. The van der Waals surface area contributed by atoms with Crippen molar-refractivity contribution in [2.75, 3.05) is 13.7 Å². The number of nitrogens with one attached hydrogen (secondary N) is 2. The predicted molar refractivity (Wildman–Crippen MR) is 85.3 cm³/mol. The maximum atomic E-state index is 11.9. The number of pyridine rings is 1. The molecule has 0 bridgehead atoms. The molecule has 1 aromatic heterocycles. The zero-order valence-corrected chi connectivity index (χ0v) is 12.5. The molecule has 0 atom stereocenters. The summed E-state index contributed by atoms with van der Waals surface area (Å²) in [5.74, 6) is -0.108. The first-order chi connectivity index (χ1) is 11.2. The molecule has 2 amide bonds. The van der Waals surface area contributed by atoms with E-state index in [2.05, 4.69) is 20.8 Å². The van der Waals surface area contributed by atoms with Gasteiger partial charge in [0.1, 0.15) is 5.75 Å². The summed E-state index contributed by atoms with van der Waals surface area (Å²) in [4.78, 5) is 27.3. The summed E-state index contributed by atoms with van der Waals surface area (Å²) in [7, 11) is 1.55. The number of carbonyl (C=O) groups is 2. The Bertz CT molecular complexity index is 684. The number of methoxy groups -OCH3 is 1. The average Bonchev–Trinajstić information content (AvgIpc) is 2.60. The van der Waals surface area contributed by atoms with E-state index in [9.17, 15) is 9.59 Å². The summed E-state index contributed by atoms with van der Waals surface area (Å²) in [6, 6.07) is 10.1. The maximum absolute atomic E-state index is 11.9. The van der Waals surface area contributed by atoms with Crippen LogP contribution in [0.1, 0.15) is 15.9 Å². The minimum absolute atomic E-state index is 0.168. The summed E-state index contributed by atoms with van der Waals surface area (Å²) in [5, 5.41) is 6.30. The van der Waals surface area contributed by atoms with Gasteiger partial charge >= 0.3 is 0 Å². The molecule has 0 saturated carbocycles. The van der Waals surface area contributed by atoms with Crippen molar-refractivity contribution in [1.29, 1.82) is 0 Å². The quantitative estimate of drug-likeness (QED) is 0.614. The van der Waals surface area contributed by atoms with Crippen LogP contribution < -0.4 is 15.5 Å². The van der Waals surface area contributed by atoms with Crippen molar-refractivity contribution < 1.29 is 14.3 Å². The van der Waals surface area contributed by atoms with Crippen molar-refractivity contribution in [3.05, 3.63) is 59.9 Å². The van der Waals surface area contributed by atoms with Crippen molar-refractivity contribution in [3.63, 3.8) is 0 Å². The van der Waals surface area contributed by atoms with Gasteiger partial charge in [-0.05, 0) is 42.0 Å². The maximum Gasteiger partial charge on any atom is 0.259 e. The van der Waals surface area contributed by atoms with Gasteiger partial charge in [0.2, 0.25) is 0 Å². The van der Waals surface area contributed by atoms with E-state index in [1.807, 2.05) is 0 Å². The zero-order valence-electron chi connectivity index (χ0n) is 12.5. The molecule has 7 heteroatoms. The second-order valence-corrected chi connectivity index (χ2v) is 4.48. The molecule has 23 heavy (non-hydrogen) atoms. The van der Waals surface area contributed by atoms with Gasteiger partial charge < -0.3 is 10.1 Å². The van der Waals surface area contributed by atoms with E-state index in [4.69, 9.17) is 4.74 Å². The number of nitrogens with zero attached hydrogens (tertiary/aromatic N) is 2. The molecule has 0 aliphatic carbocycles. The second kappa shape index (κ2) is 8.28. The largest absolute Gasteiger partial charge is 0.497 e. The molecule has 2 N–H and O–H groups in total. The van der Waals surface area contributed by atoms with Crippen molar-refractivity contribution in [2.45, 2.75) is 0 Å². The standard InChI is InChI=1S/C16H16N4O3/c1-23-14-4-2-13(3-5-14)16(22)18-11-15(21)20-19-10-12-6-8-17-9-7-12/h2-10H,11H2,1H3,(H,18,22)(H,20,21)/b19-10+. The number of benzene rings is 1. The number of ether oxygens (including phenoxy) is 1. The van der Waals surface area contributed by atoms with E-state index in [1.54, 1.807) is 55.9 Å². The molecule has 0 aliphatic rings. The molecule has 0 radical (unpaired) electrons. The molecule has 0 aliphatic heterocycles. The van der Waals surface area contributed by atoms with Crippen LogP contribution in [-0.2, 0) is 4.79 Å². The van der Waals surface area contributed by atoms with E-state index in [0.29, 0.717) is 11.3 Å².